The van der Waals surface area contributed by atoms with E-state index in [1.165, 1.54) is 27.6 Å². The second-order valence-corrected chi connectivity index (χ2v) is 7.36. The number of hydrogen-bond donors (Lipinski definition) is 1. The van der Waals surface area contributed by atoms with Crippen molar-refractivity contribution in [3.05, 3.63) is 58.0 Å². The van der Waals surface area contributed by atoms with Crippen LogP contribution in [-0.4, -0.2) is 37.7 Å². The minimum atomic E-state index is -0.636. The summed E-state index contributed by atoms with van der Waals surface area (Å²) in [6.45, 7) is 4.48. The third-order valence-corrected chi connectivity index (χ3v) is 5.06. The molecule has 160 valence electrons. The van der Waals surface area contributed by atoms with Crippen molar-refractivity contribution in [3.63, 3.8) is 0 Å². The van der Waals surface area contributed by atoms with Crippen LogP contribution in [0.3, 0.4) is 0 Å². The van der Waals surface area contributed by atoms with E-state index < -0.39 is 11.4 Å². The average molecular weight is 435 g/mol. The van der Waals surface area contributed by atoms with Crippen molar-refractivity contribution >= 4 is 11.6 Å². The Hall–Kier alpha value is -2.71. The fourth-order valence-electron chi connectivity index (χ4n) is 2.99. The van der Waals surface area contributed by atoms with Crippen LogP contribution in [0.4, 0.5) is 4.39 Å². The largest absolute Gasteiger partial charge is 0.490 e. The third-order valence-electron chi connectivity index (χ3n) is 4.80. The van der Waals surface area contributed by atoms with Crippen LogP contribution in [0.25, 0.3) is 17.1 Å². The highest BCUT2D eigenvalue weighted by Crippen LogP contribution is 2.33. The number of hydrogen-bond acceptors (Lipinski definition) is 5. The molecule has 1 atom stereocenters. The van der Waals surface area contributed by atoms with Crippen molar-refractivity contribution in [2.24, 2.45) is 5.92 Å². The van der Waals surface area contributed by atoms with E-state index in [1.807, 2.05) is 13.8 Å². The Morgan fingerprint density at radius 1 is 1.33 bits per heavy atom. The number of aliphatic hydroxyl groups is 1. The fourth-order valence-corrected chi connectivity index (χ4v) is 3.28. The van der Waals surface area contributed by atoms with Crippen LogP contribution < -0.4 is 10.3 Å². The van der Waals surface area contributed by atoms with Crippen LogP contribution in [-0.2, 0) is 6.54 Å². The van der Waals surface area contributed by atoms with E-state index in [-0.39, 0.29) is 47.1 Å². The summed E-state index contributed by atoms with van der Waals surface area (Å²) in [5.41, 5.74) is -0.0891. The molecule has 0 aliphatic rings. The molecule has 0 aliphatic carbocycles. The topological polar surface area (TPSA) is 82.2 Å². The van der Waals surface area contributed by atoms with Crippen molar-refractivity contribution in [3.8, 4) is 22.8 Å². The van der Waals surface area contributed by atoms with E-state index >= 15 is 4.39 Å². The third kappa shape index (κ3) is 4.55. The Labute approximate surface area is 178 Å². The maximum atomic E-state index is 15.3. The molecule has 2 aromatic heterocycles. The number of ether oxygens (including phenoxy) is 1. The van der Waals surface area contributed by atoms with E-state index in [1.54, 1.807) is 18.3 Å². The maximum Gasteiger partial charge on any atom is 0.296 e. The molecule has 3 aromatic rings. The fraction of sp³-hybridized carbons (Fsp3) is 0.381. The minimum Gasteiger partial charge on any atom is -0.490 e. The Morgan fingerprint density at radius 3 is 2.80 bits per heavy atom. The Kier molecular flexibility index (Phi) is 7.23. The standard InChI is InChI=1S/C21H24ClFN4O3/c1-3-14(2)13-26-18(15-7-4-8-16(17(15)23)30-12-6-11-28)19(22)25-20(21(26)29)27-10-5-9-24-27/h4-5,7-10,14,28H,3,6,11-13H2,1-2H3. The highest BCUT2D eigenvalue weighted by molar-refractivity contribution is 6.31. The van der Waals surface area contributed by atoms with Crippen LogP contribution in [0.2, 0.25) is 5.15 Å². The van der Waals surface area contributed by atoms with Gasteiger partial charge in [0, 0.05) is 37.5 Å². The molecule has 0 radical (unpaired) electrons. The Morgan fingerprint density at radius 2 is 2.13 bits per heavy atom. The number of halogens is 2. The number of rotatable bonds is 9. The van der Waals surface area contributed by atoms with E-state index in [0.29, 0.717) is 13.0 Å². The van der Waals surface area contributed by atoms with Crippen LogP contribution in [0.1, 0.15) is 26.7 Å². The van der Waals surface area contributed by atoms with Crippen LogP contribution in [0.15, 0.2) is 41.5 Å². The zero-order valence-corrected chi connectivity index (χ0v) is 17.6. The second kappa shape index (κ2) is 9.86. The van der Waals surface area contributed by atoms with Gasteiger partial charge in [0.05, 0.1) is 12.3 Å². The summed E-state index contributed by atoms with van der Waals surface area (Å²) in [6, 6.07) is 6.33. The van der Waals surface area contributed by atoms with Gasteiger partial charge in [-0.3, -0.25) is 4.79 Å². The zero-order chi connectivity index (χ0) is 21.7. The molecule has 0 saturated carbocycles. The molecule has 0 fully saturated rings. The van der Waals surface area contributed by atoms with Crippen LogP contribution in [0.5, 0.6) is 5.75 Å². The molecule has 1 unspecified atom stereocenters. The highest BCUT2D eigenvalue weighted by Gasteiger charge is 2.23. The van der Waals surface area contributed by atoms with Crippen molar-refractivity contribution in [1.82, 2.24) is 19.3 Å². The van der Waals surface area contributed by atoms with Gasteiger partial charge < -0.3 is 14.4 Å². The number of nitrogens with zero attached hydrogens (tertiary/aromatic N) is 4. The molecule has 0 bridgehead atoms. The van der Waals surface area contributed by atoms with Gasteiger partial charge in [-0.15, -0.1) is 0 Å². The lowest BCUT2D eigenvalue weighted by molar-refractivity contribution is 0.228. The molecule has 0 aliphatic heterocycles. The molecule has 1 aromatic carbocycles. The average Bonchev–Trinajstić information content (AvgIpc) is 3.27. The molecule has 3 rings (SSSR count). The lowest BCUT2D eigenvalue weighted by atomic mass is 10.1. The van der Waals surface area contributed by atoms with Gasteiger partial charge in [-0.1, -0.05) is 37.9 Å². The SMILES string of the molecule is CCC(C)Cn1c(-c2cccc(OCCCO)c2F)c(Cl)nc(-n2cccn2)c1=O. The minimum absolute atomic E-state index is 0.00480. The molecule has 7 nitrogen and oxygen atoms in total. The predicted molar refractivity (Wildman–Crippen MR) is 113 cm³/mol. The first-order chi connectivity index (χ1) is 14.5. The van der Waals surface area contributed by atoms with Gasteiger partial charge in [-0.25, -0.2) is 14.1 Å². The normalized spacial score (nSPS) is 12.2. The molecular weight excluding hydrogens is 411 g/mol. The lowest BCUT2D eigenvalue weighted by Crippen LogP contribution is -2.30. The first-order valence-electron chi connectivity index (χ1n) is 9.80. The van der Waals surface area contributed by atoms with Crippen molar-refractivity contribution in [1.29, 1.82) is 0 Å². The van der Waals surface area contributed by atoms with Gasteiger partial charge in [0.2, 0.25) is 5.82 Å². The van der Waals surface area contributed by atoms with Crippen molar-refractivity contribution < 1.29 is 14.2 Å². The summed E-state index contributed by atoms with van der Waals surface area (Å²) in [5, 5.41) is 13.0. The molecule has 30 heavy (non-hydrogen) atoms. The molecule has 0 saturated heterocycles. The number of aromatic nitrogens is 4. The Bertz CT molecular complexity index is 1050. The summed E-state index contributed by atoms with van der Waals surface area (Å²) in [4.78, 5) is 17.5. The summed E-state index contributed by atoms with van der Waals surface area (Å²) in [6.07, 6.45) is 4.34. The highest BCUT2D eigenvalue weighted by atomic mass is 35.5. The van der Waals surface area contributed by atoms with E-state index in [9.17, 15) is 4.79 Å². The summed E-state index contributed by atoms with van der Waals surface area (Å²) in [7, 11) is 0. The molecule has 9 heteroatoms. The molecule has 0 spiro atoms. The monoisotopic (exact) mass is 434 g/mol. The van der Waals surface area contributed by atoms with E-state index in [4.69, 9.17) is 21.4 Å². The summed E-state index contributed by atoms with van der Waals surface area (Å²) in [5.74, 6) is -0.413. The first-order valence-corrected chi connectivity index (χ1v) is 10.2. The molecule has 1 N–H and O–H groups in total. The number of benzene rings is 1. The van der Waals surface area contributed by atoms with Gasteiger partial charge in [0.25, 0.3) is 5.56 Å². The van der Waals surface area contributed by atoms with Gasteiger partial charge in [0.15, 0.2) is 16.7 Å². The van der Waals surface area contributed by atoms with Gasteiger partial charge in [0.1, 0.15) is 0 Å². The quantitative estimate of drug-likeness (QED) is 0.519. The van der Waals surface area contributed by atoms with E-state index in [2.05, 4.69) is 10.1 Å². The molecule has 0 amide bonds. The first kappa shape index (κ1) is 22.0. The van der Waals surface area contributed by atoms with Crippen molar-refractivity contribution in [2.75, 3.05) is 13.2 Å². The van der Waals surface area contributed by atoms with Crippen LogP contribution in [0, 0.1) is 11.7 Å². The predicted octanol–water partition coefficient (Wildman–Crippen LogP) is 3.70. The second-order valence-electron chi connectivity index (χ2n) is 7.00. The summed E-state index contributed by atoms with van der Waals surface area (Å²) < 4.78 is 23.5. The van der Waals surface area contributed by atoms with Gasteiger partial charge in [-0.05, 0) is 24.1 Å². The number of aliphatic hydroxyl groups excluding tert-OH is 1. The smallest absolute Gasteiger partial charge is 0.296 e. The van der Waals surface area contributed by atoms with Gasteiger partial charge in [-0.2, -0.15) is 5.10 Å². The summed E-state index contributed by atoms with van der Waals surface area (Å²) >= 11 is 6.48. The zero-order valence-electron chi connectivity index (χ0n) is 16.9. The lowest BCUT2D eigenvalue weighted by Gasteiger charge is -2.19. The molecule has 2 heterocycles. The Balaban J connectivity index is 2.18. The van der Waals surface area contributed by atoms with Gasteiger partial charge >= 0.3 is 0 Å². The molecular formula is C21H24ClFN4O3. The van der Waals surface area contributed by atoms with E-state index in [0.717, 1.165) is 6.42 Å². The van der Waals surface area contributed by atoms with Crippen LogP contribution >= 0.6 is 11.6 Å². The maximum absolute atomic E-state index is 15.3. The van der Waals surface area contributed by atoms with Crippen molar-refractivity contribution in [2.45, 2.75) is 33.2 Å².